The SMILES string of the molecule is CC(=O)OC[C@H]1CN(c2ccc(N3C[C@@H]4C(NC(=O)OC(C)(C)C)[C@@H]4C3)cc2)C(=O)O1. The number of carbonyl (C=O) groups is 3. The number of nitrogens with one attached hydrogen (secondary N) is 1. The molecular formula is C22H29N3O6. The van der Waals surface area contributed by atoms with E-state index in [1.807, 2.05) is 45.0 Å². The lowest BCUT2D eigenvalue weighted by molar-refractivity contribution is -0.143. The number of anilines is 2. The van der Waals surface area contributed by atoms with Gasteiger partial charge in [0.05, 0.1) is 6.54 Å². The van der Waals surface area contributed by atoms with Crippen LogP contribution in [-0.2, 0) is 19.0 Å². The van der Waals surface area contributed by atoms with E-state index in [1.165, 1.54) is 6.92 Å². The summed E-state index contributed by atoms with van der Waals surface area (Å²) in [6.45, 7) is 9.05. The lowest BCUT2D eigenvalue weighted by Gasteiger charge is -2.24. The minimum atomic E-state index is -0.496. The van der Waals surface area contributed by atoms with E-state index in [4.69, 9.17) is 14.2 Å². The standard InChI is InChI=1S/C22H29N3O6/c1-13(26)29-12-16-9-25(21(28)30-16)15-7-5-14(6-8-15)24-10-17-18(11-24)19(17)23-20(27)31-22(2,3)4/h5-8,16-19H,9-12H2,1-4H3,(H,23,27)/t16-,17-,18+,19?/m1/s1. The van der Waals surface area contributed by atoms with E-state index in [0.29, 0.717) is 18.4 Å². The topological polar surface area (TPSA) is 97.4 Å². The van der Waals surface area contributed by atoms with E-state index >= 15 is 0 Å². The fraction of sp³-hybridized carbons (Fsp3) is 0.591. The van der Waals surface area contributed by atoms with Crippen LogP contribution in [0.15, 0.2) is 24.3 Å². The average molecular weight is 431 g/mol. The Labute approximate surface area is 181 Å². The summed E-state index contributed by atoms with van der Waals surface area (Å²) in [4.78, 5) is 38.9. The average Bonchev–Trinajstić information content (AvgIpc) is 3.03. The molecule has 0 aromatic heterocycles. The number of amides is 2. The molecule has 1 aromatic rings. The van der Waals surface area contributed by atoms with Crippen LogP contribution in [0.3, 0.4) is 0 Å². The molecule has 2 saturated heterocycles. The van der Waals surface area contributed by atoms with E-state index in [1.54, 1.807) is 4.90 Å². The van der Waals surface area contributed by atoms with Gasteiger partial charge in [0.25, 0.3) is 0 Å². The molecule has 0 bridgehead atoms. The van der Waals surface area contributed by atoms with Crippen molar-refractivity contribution in [3.63, 3.8) is 0 Å². The zero-order valence-corrected chi connectivity index (χ0v) is 18.3. The number of fused-ring (bicyclic) bond motifs is 1. The maximum Gasteiger partial charge on any atom is 0.414 e. The van der Waals surface area contributed by atoms with Crippen LogP contribution in [0, 0.1) is 11.8 Å². The van der Waals surface area contributed by atoms with Crippen LogP contribution in [0.4, 0.5) is 21.0 Å². The summed E-state index contributed by atoms with van der Waals surface area (Å²) in [5, 5.41) is 2.98. The number of hydrogen-bond acceptors (Lipinski definition) is 7. The van der Waals surface area contributed by atoms with Crippen LogP contribution in [-0.4, -0.2) is 62.1 Å². The lowest BCUT2D eigenvalue weighted by Crippen LogP contribution is -2.38. The molecule has 1 saturated carbocycles. The van der Waals surface area contributed by atoms with Crippen molar-refractivity contribution >= 4 is 29.5 Å². The van der Waals surface area contributed by atoms with Crippen molar-refractivity contribution in [1.82, 2.24) is 5.32 Å². The van der Waals surface area contributed by atoms with Gasteiger partial charge in [0.1, 0.15) is 12.2 Å². The quantitative estimate of drug-likeness (QED) is 0.565. The molecule has 9 heteroatoms. The second-order valence-electron chi connectivity index (χ2n) is 9.34. The Kier molecular flexibility index (Phi) is 5.45. The number of rotatable bonds is 5. The Morgan fingerprint density at radius 1 is 1.10 bits per heavy atom. The van der Waals surface area contributed by atoms with Crippen molar-refractivity contribution in [3.05, 3.63) is 24.3 Å². The normalized spacial score (nSPS) is 26.9. The zero-order chi connectivity index (χ0) is 22.3. The van der Waals surface area contributed by atoms with Crippen molar-refractivity contribution < 1.29 is 28.6 Å². The summed E-state index contributed by atoms with van der Waals surface area (Å²) in [5.41, 5.74) is 1.33. The van der Waals surface area contributed by atoms with Gasteiger partial charge in [-0.1, -0.05) is 0 Å². The molecule has 1 unspecified atom stereocenters. The van der Waals surface area contributed by atoms with Gasteiger partial charge in [-0.05, 0) is 45.0 Å². The van der Waals surface area contributed by atoms with Crippen molar-refractivity contribution in [3.8, 4) is 0 Å². The molecule has 3 fully saturated rings. The molecule has 9 nitrogen and oxygen atoms in total. The third-order valence-corrected chi connectivity index (χ3v) is 5.75. The highest BCUT2D eigenvalue weighted by atomic mass is 16.6. The first-order valence-corrected chi connectivity index (χ1v) is 10.6. The Bertz CT molecular complexity index is 853. The van der Waals surface area contributed by atoms with Crippen LogP contribution in [0.1, 0.15) is 27.7 Å². The van der Waals surface area contributed by atoms with E-state index in [9.17, 15) is 14.4 Å². The van der Waals surface area contributed by atoms with Gasteiger partial charge in [-0.15, -0.1) is 0 Å². The Morgan fingerprint density at radius 2 is 1.71 bits per heavy atom. The zero-order valence-electron chi connectivity index (χ0n) is 18.3. The largest absolute Gasteiger partial charge is 0.462 e. The number of carbonyl (C=O) groups excluding carboxylic acids is 3. The highest BCUT2D eigenvalue weighted by Crippen LogP contribution is 2.47. The van der Waals surface area contributed by atoms with Crippen molar-refractivity contribution in [1.29, 1.82) is 0 Å². The third kappa shape index (κ3) is 4.86. The first-order chi connectivity index (χ1) is 14.6. The molecule has 4 rings (SSSR count). The minimum absolute atomic E-state index is 0.0602. The molecule has 2 amide bonds. The van der Waals surface area contributed by atoms with Crippen molar-refractivity contribution in [2.24, 2.45) is 11.8 Å². The Hall–Kier alpha value is -2.97. The molecule has 31 heavy (non-hydrogen) atoms. The van der Waals surface area contributed by atoms with Gasteiger partial charge in [-0.2, -0.15) is 0 Å². The number of piperidine rings is 1. The predicted molar refractivity (Wildman–Crippen MR) is 113 cm³/mol. The molecule has 1 aliphatic carbocycles. The summed E-state index contributed by atoms with van der Waals surface area (Å²) >= 11 is 0. The highest BCUT2D eigenvalue weighted by Gasteiger charge is 2.56. The molecule has 2 heterocycles. The Balaban J connectivity index is 1.27. The number of benzene rings is 1. The van der Waals surface area contributed by atoms with Gasteiger partial charge in [0.15, 0.2) is 6.10 Å². The molecule has 4 atom stereocenters. The smallest absolute Gasteiger partial charge is 0.414 e. The van der Waals surface area contributed by atoms with Gasteiger partial charge in [0, 0.05) is 49.3 Å². The molecule has 0 spiro atoms. The van der Waals surface area contributed by atoms with Gasteiger partial charge in [0.2, 0.25) is 0 Å². The molecule has 1 aromatic carbocycles. The third-order valence-electron chi connectivity index (χ3n) is 5.75. The fourth-order valence-electron chi connectivity index (χ4n) is 4.27. The number of alkyl carbamates (subject to hydrolysis) is 1. The van der Waals surface area contributed by atoms with Gasteiger partial charge < -0.3 is 24.4 Å². The number of nitrogens with zero attached hydrogens (tertiary/aromatic N) is 2. The van der Waals surface area contributed by atoms with Crippen molar-refractivity contribution in [2.75, 3.05) is 36.0 Å². The lowest BCUT2D eigenvalue weighted by atomic mass is 10.2. The summed E-state index contributed by atoms with van der Waals surface area (Å²) < 4.78 is 15.5. The summed E-state index contributed by atoms with van der Waals surface area (Å²) in [5.74, 6) is 0.469. The summed E-state index contributed by atoms with van der Waals surface area (Å²) in [6.07, 6.45) is -1.26. The number of ether oxygens (including phenoxy) is 3. The maximum absolute atomic E-state index is 12.1. The van der Waals surface area contributed by atoms with Crippen LogP contribution in [0.5, 0.6) is 0 Å². The molecular weight excluding hydrogens is 402 g/mol. The van der Waals surface area contributed by atoms with Crippen molar-refractivity contribution in [2.45, 2.75) is 45.4 Å². The van der Waals surface area contributed by atoms with Gasteiger partial charge in [-0.3, -0.25) is 9.69 Å². The molecule has 1 N–H and O–H groups in total. The minimum Gasteiger partial charge on any atom is -0.462 e. The van der Waals surface area contributed by atoms with E-state index in [2.05, 4.69) is 10.2 Å². The second kappa shape index (κ2) is 7.94. The number of cyclic esters (lactones) is 1. The van der Waals surface area contributed by atoms with Crippen LogP contribution in [0.2, 0.25) is 0 Å². The predicted octanol–water partition coefficient (Wildman–Crippen LogP) is 2.53. The van der Waals surface area contributed by atoms with Crippen LogP contribution in [0.25, 0.3) is 0 Å². The monoisotopic (exact) mass is 431 g/mol. The first kappa shape index (κ1) is 21.3. The maximum atomic E-state index is 12.1. The Morgan fingerprint density at radius 3 is 2.29 bits per heavy atom. The first-order valence-electron chi connectivity index (χ1n) is 10.6. The fourth-order valence-corrected chi connectivity index (χ4v) is 4.27. The van der Waals surface area contributed by atoms with E-state index in [0.717, 1.165) is 24.5 Å². The van der Waals surface area contributed by atoms with E-state index < -0.39 is 23.8 Å². The molecule has 0 radical (unpaired) electrons. The molecule has 2 aliphatic heterocycles. The second-order valence-corrected chi connectivity index (χ2v) is 9.34. The molecule has 168 valence electrons. The van der Waals surface area contributed by atoms with E-state index in [-0.39, 0.29) is 18.7 Å². The van der Waals surface area contributed by atoms with Crippen LogP contribution < -0.4 is 15.1 Å². The summed E-state index contributed by atoms with van der Waals surface area (Å²) in [6, 6.07) is 7.95. The molecule has 3 aliphatic rings. The van der Waals surface area contributed by atoms with Crippen LogP contribution >= 0.6 is 0 Å². The number of hydrogen-bond donors (Lipinski definition) is 1. The highest BCUT2D eigenvalue weighted by molar-refractivity contribution is 5.90. The number of esters is 1. The van der Waals surface area contributed by atoms with Gasteiger partial charge >= 0.3 is 18.2 Å². The summed E-state index contributed by atoms with van der Waals surface area (Å²) in [7, 11) is 0. The van der Waals surface area contributed by atoms with Gasteiger partial charge in [-0.25, -0.2) is 9.59 Å².